The van der Waals surface area contributed by atoms with Crippen LogP contribution in [-0.2, 0) is 0 Å². The van der Waals surface area contributed by atoms with E-state index in [9.17, 15) is 14.9 Å². The topological polar surface area (TPSA) is 114 Å². The Bertz CT molecular complexity index is 1200. The van der Waals surface area contributed by atoms with Gasteiger partial charge >= 0.3 is 0 Å². The van der Waals surface area contributed by atoms with Crippen LogP contribution in [0.15, 0.2) is 57.2 Å². The molecule has 0 unspecified atom stereocenters. The first-order valence-electron chi connectivity index (χ1n) is 8.13. The summed E-state index contributed by atoms with van der Waals surface area (Å²) in [5.74, 6) is -0.438. The van der Waals surface area contributed by atoms with E-state index < -0.39 is 10.8 Å². The normalized spacial score (nSPS) is 10.9. The van der Waals surface area contributed by atoms with E-state index in [0.29, 0.717) is 20.4 Å². The minimum Gasteiger partial charge on any atom is -0.320 e. The molecule has 0 aliphatic rings. The smallest absolute Gasteiger partial charge is 0.284 e. The van der Waals surface area contributed by atoms with Gasteiger partial charge in [-0.2, -0.15) is 5.10 Å². The fourth-order valence-corrected chi connectivity index (χ4v) is 4.51. The van der Waals surface area contributed by atoms with Crippen LogP contribution < -0.4 is 5.32 Å². The van der Waals surface area contributed by atoms with Gasteiger partial charge in [-0.3, -0.25) is 20.0 Å². The van der Waals surface area contributed by atoms with Crippen LogP contribution in [0.3, 0.4) is 0 Å². The summed E-state index contributed by atoms with van der Waals surface area (Å²) in [7, 11) is 0. The first-order valence-corrected chi connectivity index (χ1v) is 9.83. The molecule has 0 radical (unpaired) electrons. The number of H-pyrrole nitrogens is 1. The number of aromatic nitrogens is 3. The molecule has 2 heterocycles. The number of rotatable bonds is 5. The average molecular weight is 411 g/mol. The Morgan fingerprint density at radius 3 is 2.93 bits per heavy atom. The highest BCUT2D eigenvalue weighted by Crippen LogP contribution is 2.37. The molecule has 0 bridgehead atoms. The number of aryl methyl sites for hydroxylation is 1. The lowest BCUT2D eigenvalue weighted by Crippen LogP contribution is -2.12. The lowest BCUT2D eigenvalue weighted by atomic mass is 10.1. The largest absolute Gasteiger partial charge is 0.320 e. The molecular formula is C18H13N5O3S2. The summed E-state index contributed by atoms with van der Waals surface area (Å²) in [4.78, 5) is 28.4. The molecule has 2 aromatic carbocycles. The van der Waals surface area contributed by atoms with Gasteiger partial charge in [0.15, 0.2) is 4.34 Å². The molecule has 0 fully saturated rings. The molecule has 4 rings (SSSR count). The number of nitrogens with one attached hydrogen (secondary N) is 2. The minimum atomic E-state index is -0.491. The Labute approximate surface area is 167 Å². The highest BCUT2D eigenvalue weighted by atomic mass is 32.2. The van der Waals surface area contributed by atoms with E-state index in [1.165, 1.54) is 29.2 Å². The quantitative estimate of drug-likeness (QED) is 0.365. The van der Waals surface area contributed by atoms with Gasteiger partial charge in [-0.1, -0.05) is 23.9 Å². The molecule has 28 heavy (non-hydrogen) atoms. The van der Waals surface area contributed by atoms with Crippen molar-refractivity contribution in [1.29, 1.82) is 0 Å². The predicted molar refractivity (Wildman–Crippen MR) is 108 cm³/mol. The van der Waals surface area contributed by atoms with Crippen molar-refractivity contribution in [2.24, 2.45) is 0 Å². The molecule has 0 aliphatic carbocycles. The fourth-order valence-electron chi connectivity index (χ4n) is 2.63. The molecule has 2 N–H and O–H groups in total. The number of para-hydroxylation sites is 1. The van der Waals surface area contributed by atoms with Crippen molar-refractivity contribution in [1.82, 2.24) is 15.2 Å². The highest BCUT2D eigenvalue weighted by molar-refractivity contribution is 8.01. The second kappa shape index (κ2) is 7.41. The number of hydrogen-bond acceptors (Lipinski definition) is 7. The van der Waals surface area contributed by atoms with Crippen LogP contribution in [0.4, 0.5) is 11.4 Å². The molecule has 10 heteroatoms. The van der Waals surface area contributed by atoms with Crippen molar-refractivity contribution < 1.29 is 9.72 Å². The molecule has 140 valence electrons. The predicted octanol–water partition coefficient (Wildman–Crippen LogP) is 4.64. The maximum absolute atomic E-state index is 12.6. The van der Waals surface area contributed by atoms with Gasteiger partial charge < -0.3 is 5.32 Å². The van der Waals surface area contributed by atoms with Crippen molar-refractivity contribution >= 4 is 51.3 Å². The van der Waals surface area contributed by atoms with Crippen LogP contribution in [0.1, 0.15) is 16.1 Å². The third-order valence-corrected chi connectivity index (χ3v) is 6.06. The number of hydrogen-bond donors (Lipinski definition) is 2. The van der Waals surface area contributed by atoms with Gasteiger partial charge in [0.25, 0.3) is 11.6 Å². The first-order chi connectivity index (χ1) is 13.5. The van der Waals surface area contributed by atoms with Crippen LogP contribution in [0.5, 0.6) is 0 Å². The maximum Gasteiger partial charge on any atom is 0.284 e. The van der Waals surface area contributed by atoms with E-state index in [4.69, 9.17) is 0 Å². The monoisotopic (exact) mass is 411 g/mol. The number of benzene rings is 2. The summed E-state index contributed by atoms with van der Waals surface area (Å²) < 4.78 is 0.712. The third kappa shape index (κ3) is 3.59. The van der Waals surface area contributed by atoms with E-state index in [1.807, 2.05) is 18.4 Å². The number of nitro groups is 1. The molecular weight excluding hydrogens is 398 g/mol. The number of carbonyl (C=O) groups excluding carboxylic acids is 1. The van der Waals surface area contributed by atoms with E-state index >= 15 is 0 Å². The Hall–Kier alpha value is -3.24. The standard InChI is InChI=1S/C18H13N5O3S2/c1-10-9-27-18(20-10)28-15-6-5-11(7-14(15)23(25)26)17(24)21-13-4-2-3-12-8-19-22-16(12)13/h2-9H,1H3,(H,19,22)(H,21,24). The number of fused-ring (bicyclic) bond motifs is 1. The van der Waals surface area contributed by atoms with Gasteiger partial charge in [0.05, 0.1) is 27.2 Å². The number of nitro benzene ring substituents is 1. The number of aromatic amines is 1. The van der Waals surface area contributed by atoms with Crippen LogP contribution in [0.2, 0.25) is 0 Å². The summed E-state index contributed by atoms with van der Waals surface area (Å²) in [5.41, 5.74) is 2.17. The lowest BCUT2D eigenvalue weighted by Gasteiger charge is -2.07. The first kappa shape index (κ1) is 18.1. The molecule has 8 nitrogen and oxygen atoms in total. The number of carbonyl (C=O) groups is 1. The third-order valence-electron chi connectivity index (χ3n) is 3.94. The van der Waals surface area contributed by atoms with Gasteiger partial charge in [-0.25, -0.2) is 4.98 Å². The van der Waals surface area contributed by atoms with Crippen LogP contribution >= 0.6 is 23.1 Å². The number of anilines is 1. The second-order valence-corrected chi connectivity index (χ2v) is 8.04. The molecule has 0 atom stereocenters. The van der Waals surface area contributed by atoms with Crippen LogP contribution in [0, 0.1) is 17.0 Å². The number of thiazole rings is 1. The molecule has 0 saturated carbocycles. The Morgan fingerprint density at radius 2 is 2.18 bits per heavy atom. The zero-order chi connectivity index (χ0) is 19.7. The Kier molecular flexibility index (Phi) is 4.80. The van der Waals surface area contributed by atoms with Crippen molar-refractivity contribution in [3.8, 4) is 0 Å². The molecule has 1 amide bonds. The minimum absolute atomic E-state index is 0.134. The molecule has 0 saturated heterocycles. The van der Waals surface area contributed by atoms with E-state index in [2.05, 4.69) is 20.5 Å². The highest BCUT2D eigenvalue weighted by Gasteiger charge is 2.20. The van der Waals surface area contributed by atoms with Gasteiger partial charge in [0.2, 0.25) is 0 Å². The van der Waals surface area contributed by atoms with E-state index in [0.717, 1.165) is 11.1 Å². The Morgan fingerprint density at radius 1 is 1.32 bits per heavy atom. The Balaban J connectivity index is 1.62. The van der Waals surface area contributed by atoms with Gasteiger partial charge in [-0.15, -0.1) is 11.3 Å². The van der Waals surface area contributed by atoms with E-state index in [1.54, 1.807) is 30.5 Å². The van der Waals surface area contributed by atoms with Crippen LogP contribution in [0.25, 0.3) is 10.9 Å². The summed E-state index contributed by atoms with van der Waals surface area (Å²) in [6.07, 6.45) is 1.65. The molecule has 0 spiro atoms. The zero-order valence-corrected chi connectivity index (χ0v) is 16.1. The van der Waals surface area contributed by atoms with Gasteiger partial charge in [-0.05, 0) is 25.1 Å². The SMILES string of the molecule is Cc1csc(Sc2ccc(C(=O)Nc3cccc4cn[nH]c34)cc2[N+](=O)[O-])n1. The van der Waals surface area contributed by atoms with Gasteiger partial charge in [0.1, 0.15) is 0 Å². The van der Waals surface area contributed by atoms with E-state index in [-0.39, 0.29) is 11.3 Å². The molecule has 0 aliphatic heterocycles. The summed E-state index contributed by atoms with van der Waals surface area (Å²) >= 11 is 2.63. The summed E-state index contributed by atoms with van der Waals surface area (Å²) in [6, 6.07) is 9.83. The van der Waals surface area contributed by atoms with Crippen LogP contribution in [-0.4, -0.2) is 26.0 Å². The maximum atomic E-state index is 12.6. The number of nitrogens with zero attached hydrogens (tertiary/aromatic N) is 3. The average Bonchev–Trinajstić information content (AvgIpc) is 3.31. The summed E-state index contributed by atoms with van der Waals surface area (Å²) in [5, 5.41) is 23.8. The summed E-state index contributed by atoms with van der Waals surface area (Å²) in [6.45, 7) is 1.86. The van der Waals surface area contributed by atoms with Crippen molar-refractivity contribution in [2.45, 2.75) is 16.2 Å². The lowest BCUT2D eigenvalue weighted by molar-refractivity contribution is -0.387. The van der Waals surface area contributed by atoms with Crippen molar-refractivity contribution in [3.05, 3.63) is 69.3 Å². The van der Waals surface area contributed by atoms with Gasteiger partial charge in [0, 0.05) is 28.1 Å². The fraction of sp³-hybridized carbons (Fsp3) is 0.0556. The molecule has 2 aromatic heterocycles. The van der Waals surface area contributed by atoms with Crippen molar-refractivity contribution in [2.75, 3.05) is 5.32 Å². The zero-order valence-electron chi connectivity index (χ0n) is 14.5. The van der Waals surface area contributed by atoms with Crippen molar-refractivity contribution in [3.63, 3.8) is 0 Å². The molecule has 4 aromatic rings. The second-order valence-electron chi connectivity index (χ2n) is 5.89. The number of amides is 1.